The minimum Gasteiger partial charge on any atom is -0.353 e. The summed E-state index contributed by atoms with van der Waals surface area (Å²) in [6.45, 7) is 2.87. The molecule has 2 fully saturated rings. The summed E-state index contributed by atoms with van der Waals surface area (Å²) < 4.78 is 22.9. The van der Waals surface area contributed by atoms with Crippen molar-refractivity contribution in [3.8, 4) is 0 Å². The van der Waals surface area contributed by atoms with Gasteiger partial charge in [0.25, 0.3) is 0 Å². The summed E-state index contributed by atoms with van der Waals surface area (Å²) in [5.41, 5.74) is 1.31. The van der Waals surface area contributed by atoms with E-state index in [0.29, 0.717) is 6.42 Å². The Labute approximate surface area is 138 Å². The van der Waals surface area contributed by atoms with E-state index in [0.717, 1.165) is 32.5 Å². The molecule has 126 valence electrons. The lowest BCUT2D eigenvalue weighted by atomic mass is 10.0. The fourth-order valence-corrected chi connectivity index (χ4v) is 5.14. The van der Waals surface area contributed by atoms with Gasteiger partial charge in [-0.05, 0) is 24.8 Å². The second kappa shape index (κ2) is 7.01. The van der Waals surface area contributed by atoms with Crippen LogP contribution in [0.15, 0.2) is 30.3 Å². The summed E-state index contributed by atoms with van der Waals surface area (Å²) in [4.78, 5) is 14.6. The zero-order chi connectivity index (χ0) is 16.3. The summed E-state index contributed by atoms with van der Waals surface area (Å²) in [6.07, 6.45) is 2.33. The third-order valence-corrected chi connectivity index (χ3v) is 6.55. The van der Waals surface area contributed by atoms with Crippen LogP contribution in [-0.4, -0.2) is 49.9 Å². The van der Waals surface area contributed by atoms with E-state index in [1.54, 1.807) is 0 Å². The number of hydrogen-bond acceptors (Lipinski definition) is 4. The first-order valence-corrected chi connectivity index (χ1v) is 10.1. The molecule has 1 N–H and O–H groups in total. The number of piperidine rings is 1. The average molecular weight is 336 g/mol. The second-order valence-electron chi connectivity index (χ2n) is 6.64. The van der Waals surface area contributed by atoms with Crippen molar-refractivity contribution >= 4 is 15.7 Å². The molecule has 0 aromatic heterocycles. The first kappa shape index (κ1) is 16.5. The number of nitrogens with zero attached hydrogens (tertiary/aromatic N) is 1. The Bertz CT molecular complexity index is 637. The van der Waals surface area contributed by atoms with Gasteiger partial charge in [0.1, 0.15) is 0 Å². The molecule has 5 nitrogen and oxygen atoms in total. The van der Waals surface area contributed by atoms with E-state index in [-0.39, 0.29) is 29.4 Å². The normalized spacial score (nSPS) is 25.3. The lowest BCUT2D eigenvalue weighted by Crippen LogP contribution is -2.46. The molecule has 1 atom stereocenters. The predicted molar refractivity (Wildman–Crippen MR) is 89.6 cm³/mol. The molecule has 0 spiro atoms. The summed E-state index contributed by atoms with van der Waals surface area (Å²) in [5.74, 6) is -0.248. The van der Waals surface area contributed by atoms with Crippen molar-refractivity contribution in [2.24, 2.45) is 5.92 Å². The van der Waals surface area contributed by atoms with Gasteiger partial charge in [-0.3, -0.25) is 9.69 Å². The molecule has 2 saturated heterocycles. The topological polar surface area (TPSA) is 66.5 Å². The van der Waals surface area contributed by atoms with Crippen LogP contribution in [0.3, 0.4) is 0 Å². The first-order chi connectivity index (χ1) is 11.0. The van der Waals surface area contributed by atoms with Crippen molar-refractivity contribution in [3.63, 3.8) is 0 Å². The highest BCUT2D eigenvalue weighted by Crippen LogP contribution is 2.20. The third kappa shape index (κ3) is 4.54. The van der Waals surface area contributed by atoms with Crippen LogP contribution in [0.1, 0.15) is 24.8 Å². The molecule has 6 heteroatoms. The van der Waals surface area contributed by atoms with Crippen LogP contribution in [-0.2, 0) is 21.2 Å². The minimum atomic E-state index is -2.99. The van der Waals surface area contributed by atoms with Gasteiger partial charge in [-0.25, -0.2) is 8.42 Å². The van der Waals surface area contributed by atoms with Crippen LogP contribution >= 0.6 is 0 Å². The number of carbonyl (C=O) groups is 1. The molecular formula is C17H24N2O3S. The number of sulfone groups is 1. The molecular weight excluding hydrogens is 312 g/mol. The number of amides is 1. The SMILES string of the molecule is O=C(NC1CCN(Cc2ccccc2)CC1)C1CCS(=O)(=O)C1. The van der Waals surface area contributed by atoms with E-state index in [1.807, 2.05) is 6.07 Å². The van der Waals surface area contributed by atoms with Gasteiger partial charge in [0, 0.05) is 25.7 Å². The number of nitrogens with one attached hydrogen (secondary N) is 1. The summed E-state index contributed by atoms with van der Waals surface area (Å²) >= 11 is 0. The molecule has 0 saturated carbocycles. The molecule has 0 radical (unpaired) electrons. The van der Waals surface area contributed by atoms with Gasteiger partial charge in [-0.2, -0.15) is 0 Å². The van der Waals surface area contributed by atoms with Gasteiger partial charge in [-0.15, -0.1) is 0 Å². The van der Waals surface area contributed by atoms with E-state index in [1.165, 1.54) is 5.56 Å². The van der Waals surface area contributed by atoms with Crippen molar-refractivity contribution in [2.75, 3.05) is 24.6 Å². The Kier molecular flexibility index (Phi) is 5.02. The largest absolute Gasteiger partial charge is 0.353 e. The third-order valence-electron chi connectivity index (χ3n) is 4.79. The number of likely N-dealkylation sites (tertiary alicyclic amines) is 1. The quantitative estimate of drug-likeness (QED) is 0.897. The van der Waals surface area contributed by atoms with Gasteiger partial charge in [0.05, 0.1) is 17.4 Å². The lowest BCUT2D eigenvalue weighted by Gasteiger charge is -2.32. The van der Waals surface area contributed by atoms with Crippen LogP contribution < -0.4 is 5.32 Å². The van der Waals surface area contributed by atoms with E-state index in [4.69, 9.17) is 0 Å². The Balaban J connectivity index is 1.43. The molecule has 3 rings (SSSR count). The lowest BCUT2D eigenvalue weighted by molar-refractivity contribution is -0.125. The van der Waals surface area contributed by atoms with Crippen molar-refractivity contribution in [1.29, 1.82) is 0 Å². The zero-order valence-corrected chi connectivity index (χ0v) is 14.1. The molecule has 2 aliphatic rings. The maximum Gasteiger partial charge on any atom is 0.224 e. The van der Waals surface area contributed by atoms with E-state index in [2.05, 4.69) is 34.5 Å². The molecule has 1 aromatic carbocycles. The number of hydrogen-bond donors (Lipinski definition) is 1. The smallest absolute Gasteiger partial charge is 0.224 e. The maximum atomic E-state index is 12.2. The number of benzene rings is 1. The molecule has 2 heterocycles. The predicted octanol–water partition coefficient (Wildman–Crippen LogP) is 1.20. The summed E-state index contributed by atoms with van der Waals surface area (Å²) in [7, 11) is -2.99. The van der Waals surface area contributed by atoms with Crippen molar-refractivity contribution < 1.29 is 13.2 Å². The molecule has 1 amide bonds. The molecule has 0 bridgehead atoms. The highest BCUT2D eigenvalue weighted by atomic mass is 32.2. The fourth-order valence-electron chi connectivity index (χ4n) is 3.40. The average Bonchev–Trinajstić information content (AvgIpc) is 2.90. The monoisotopic (exact) mass is 336 g/mol. The van der Waals surface area contributed by atoms with Crippen LogP contribution in [0.2, 0.25) is 0 Å². The van der Waals surface area contributed by atoms with Crippen LogP contribution in [0, 0.1) is 5.92 Å². The Morgan fingerprint density at radius 1 is 1.13 bits per heavy atom. The number of carbonyl (C=O) groups excluding carboxylic acids is 1. The highest BCUT2D eigenvalue weighted by Gasteiger charge is 2.34. The second-order valence-corrected chi connectivity index (χ2v) is 8.87. The van der Waals surface area contributed by atoms with Crippen LogP contribution in [0.4, 0.5) is 0 Å². The highest BCUT2D eigenvalue weighted by molar-refractivity contribution is 7.91. The Morgan fingerprint density at radius 3 is 2.43 bits per heavy atom. The van der Waals surface area contributed by atoms with E-state index in [9.17, 15) is 13.2 Å². The molecule has 1 aromatic rings. The van der Waals surface area contributed by atoms with Gasteiger partial charge < -0.3 is 5.32 Å². The zero-order valence-electron chi connectivity index (χ0n) is 13.3. The van der Waals surface area contributed by atoms with Crippen molar-refractivity contribution in [1.82, 2.24) is 10.2 Å². The molecule has 2 aliphatic heterocycles. The minimum absolute atomic E-state index is 0.0195. The first-order valence-electron chi connectivity index (χ1n) is 8.29. The summed E-state index contributed by atoms with van der Waals surface area (Å²) in [6, 6.07) is 10.6. The number of rotatable bonds is 4. The van der Waals surface area contributed by atoms with Crippen molar-refractivity contribution in [3.05, 3.63) is 35.9 Å². The van der Waals surface area contributed by atoms with E-state index >= 15 is 0 Å². The Hall–Kier alpha value is -1.40. The van der Waals surface area contributed by atoms with Crippen molar-refractivity contribution in [2.45, 2.75) is 31.8 Å². The van der Waals surface area contributed by atoms with Gasteiger partial charge in [0.15, 0.2) is 9.84 Å². The van der Waals surface area contributed by atoms with Gasteiger partial charge in [-0.1, -0.05) is 30.3 Å². The van der Waals surface area contributed by atoms with Gasteiger partial charge >= 0.3 is 0 Å². The molecule has 1 unspecified atom stereocenters. The molecule has 23 heavy (non-hydrogen) atoms. The maximum absolute atomic E-state index is 12.2. The van der Waals surface area contributed by atoms with E-state index < -0.39 is 9.84 Å². The summed E-state index contributed by atoms with van der Waals surface area (Å²) in [5, 5.41) is 3.05. The molecule has 0 aliphatic carbocycles. The van der Waals surface area contributed by atoms with Crippen LogP contribution in [0.25, 0.3) is 0 Å². The fraction of sp³-hybridized carbons (Fsp3) is 0.588. The van der Waals surface area contributed by atoms with Crippen LogP contribution in [0.5, 0.6) is 0 Å². The Morgan fingerprint density at radius 2 is 1.83 bits per heavy atom. The van der Waals surface area contributed by atoms with Gasteiger partial charge in [0.2, 0.25) is 5.91 Å². The standard InChI is InChI=1S/C17H24N2O3S/c20-17(15-8-11-23(21,22)13-15)18-16-6-9-19(10-7-16)12-14-4-2-1-3-5-14/h1-5,15-16H,6-13H2,(H,18,20).